The maximum absolute atomic E-state index is 14.3. The second kappa shape index (κ2) is 5.99. The van der Waals surface area contributed by atoms with Crippen molar-refractivity contribution in [2.24, 2.45) is 4.99 Å². The van der Waals surface area contributed by atoms with Gasteiger partial charge in [0.25, 0.3) is 0 Å². The number of nitrogens with zero attached hydrogens (tertiary/aromatic N) is 1. The molecule has 26 heavy (non-hydrogen) atoms. The van der Waals surface area contributed by atoms with E-state index in [4.69, 9.17) is 0 Å². The predicted molar refractivity (Wildman–Crippen MR) is 94.9 cm³/mol. The summed E-state index contributed by atoms with van der Waals surface area (Å²) in [5.74, 6) is -1.81. The van der Waals surface area contributed by atoms with E-state index in [1.807, 2.05) is 0 Å². The van der Waals surface area contributed by atoms with Crippen molar-refractivity contribution in [1.82, 2.24) is 4.98 Å². The third-order valence-corrected chi connectivity index (χ3v) is 5.06. The largest absolute Gasteiger partial charge is 0.388 e. The summed E-state index contributed by atoms with van der Waals surface area (Å²) in [6.07, 6.45) is 0.844. The third kappa shape index (κ3) is 2.70. The van der Waals surface area contributed by atoms with Crippen molar-refractivity contribution in [1.29, 1.82) is 0 Å². The van der Waals surface area contributed by atoms with Crippen molar-refractivity contribution < 1.29 is 18.3 Å². The molecule has 6 heteroatoms. The summed E-state index contributed by atoms with van der Waals surface area (Å²) in [5, 5.41) is 10.9. The van der Waals surface area contributed by atoms with E-state index in [1.54, 1.807) is 12.1 Å². The smallest absolute Gasteiger partial charge is 0.150 e. The van der Waals surface area contributed by atoms with Crippen LogP contribution in [0.5, 0.6) is 0 Å². The first-order chi connectivity index (χ1) is 12.4. The molecule has 0 bridgehead atoms. The van der Waals surface area contributed by atoms with Crippen LogP contribution in [0, 0.1) is 17.5 Å². The normalized spacial score (nSPS) is 22.4. The van der Waals surface area contributed by atoms with Gasteiger partial charge in [-0.25, -0.2) is 13.2 Å². The molecule has 3 aromatic rings. The lowest BCUT2D eigenvalue weighted by molar-refractivity contribution is -0.0390. The molecular formula is C20H17F3N2O. The Kier molecular flexibility index (Phi) is 3.88. The van der Waals surface area contributed by atoms with Gasteiger partial charge < -0.3 is 10.1 Å². The summed E-state index contributed by atoms with van der Waals surface area (Å²) >= 11 is 0. The van der Waals surface area contributed by atoms with Crippen LogP contribution < -0.4 is 0 Å². The summed E-state index contributed by atoms with van der Waals surface area (Å²) in [6.45, 7) is 3.63. The van der Waals surface area contributed by atoms with Gasteiger partial charge in [-0.3, -0.25) is 4.99 Å². The zero-order valence-corrected chi connectivity index (χ0v) is 13.9. The number of hydrogen-bond acceptors (Lipinski definition) is 2. The zero-order valence-electron chi connectivity index (χ0n) is 13.9. The first-order valence-electron chi connectivity index (χ1n) is 8.31. The first kappa shape index (κ1) is 16.8. The monoisotopic (exact) mass is 358 g/mol. The second-order valence-electron chi connectivity index (χ2n) is 6.94. The van der Waals surface area contributed by atoms with Gasteiger partial charge in [0.15, 0.2) is 0 Å². The molecule has 4 rings (SSSR count). The Morgan fingerprint density at radius 3 is 2.46 bits per heavy atom. The van der Waals surface area contributed by atoms with Gasteiger partial charge in [0.2, 0.25) is 0 Å². The Bertz CT molecular complexity index is 988. The number of nitrogens with one attached hydrogen (secondary N) is 1. The van der Waals surface area contributed by atoms with Crippen LogP contribution >= 0.6 is 0 Å². The fourth-order valence-corrected chi connectivity index (χ4v) is 3.91. The second-order valence-corrected chi connectivity index (χ2v) is 6.94. The first-order valence-corrected chi connectivity index (χ1v) is 8.31. The van der Waals surface area contributed by atoms with Gasteiger partial charge in [-0.1, -0.05) is 0 Å². The van der Waals surface area contributed by atoms with Gasteiger partial charge in [0.1, 0.15) is 17.5 Å². The molecule has 1 heterocycles. The Morgan fingerprint density at radius 2 is 1.81 bits per heavy atom. The van der Waals surface area contributed by atoms with Crippen LogP contribution in [0.1, 0.15) is 24.3 Å². The van der Waals surface area contributed by atoms with E-state index >= 15 is 0 Å². The Hall–Kier alpha value is -2.60. The number of fused-ring (bicyclic) bond motifs is 1. The van der Waals surface area contributed by atoms with Gasteiger partial charge in [-0.05, 0) is 66.9 Å². The Morgan fingerprint density at radius 1 is 1.12 bits per heavy atom. The summed E-state index contributed by atoms with van der Waals surface area (Å²) < 4.78 is 41.4. The lowest BCUT2D eigenvalue weighted by atomic mass is 9.67. The van der Waals surface area contributed by atoms with E-state index in [-0.39, 0.29) is 23.8 Å². The minimum atomic E-state index is -0.943. The van der Waals surface area contributed by atoms with Crippen LogP contribution in [0.15, 0.2) is 41.4 Å². The summed E-state index contributed by atoms with van der Waals surface area (Å²) in [7, 11) is 0. The topological polar surface area (TPSA) is 48.4 Å². The van der Waals surface area contributed by atoms with E-state index in [1.165, 1.54) is 18.2 Å². The molecule has 1 aliphatic rings. The third-order valence-electron chi connectivity index (χ3n) is 5.06. The van der Waals surface area contributed by atoms with Gasteiger partial charge in [-0.2, -0.15) is 0 Å². The Labute approximate surface area is 148 Å². The van der Waals surface area contributed by atoms with Crippen LogP contribution in [-0.2, 0) is 0 Å². The highest BCUT2D eigenvalue weighted by Gasteiger charge is 2.45. The van der Waals surface area contributed by atoms with E-state index in [0.29, 0.717) is 29.5 Å². The minimum absolute atomic E-state index is 0.0863. The molecule has 0 aliphatic heterocycles. The standard InChI is InChI=1S/C20H17F3N2O/c1-24-10-20(26)8-12(9-20)17-15-6-14(22)7-16(23)19(15)25-18(17)11-2-4-13(21)5-3-11/h2-7,12,25-26H,1,8-10H2. The van der Waals surface area contributed by atoms with E-state index in [0.717, 1.165) is 11.6 Å². The highest BCUT2D eigenvalue weighted by Crippen LogP contribution is 2.50. The molecule has 0 amide bonds. The number of aliphatic hydroxyl groups is 1. The fraction of sp³-hybridized carbons (Fsp3) is 0.250. The van der Waals surface area contributed by atoms with Gasteiger partial charge in [0.05, 0.1) is 23.4 Å². The number of aromatic nitrogens is 1. The fourth-order valence-electron chi connectivity index (χ4n) is 3.91. The predicted octanol–water partition coefficient (Wildman–Crippen LogP) is 4.56. The number of hydrogen-bond donors (Lipinski definition) is 2. The maximum Gasteiger partial charge on any atom is 0.150 e. The van der Waals surface area contributed by atoms with E-state index in [2.05, 4.69) is 16.7 Å². The number of halogens is 3. The van der Waals surface area contributed by atoms with Crippen LogP contribution in [0.3, 0.4) is 0 Å². The van der Waals surface area contributed by atoms with Crippen molar-refractivity contribution in [2.75, 3.05) is 6.54 Å². The molecule has 1 fully saturated rings. The van der Waals surface area contributed by atoms with Crippen molar-refractivity contribution in [3.05, 3.63) is 59.4 Å². The number of benzene rings is 2. The molecular weight excluding hydrogens is 341 g/mol. The molecule has 3 nitrogen and oxygen atoms in total. The van der Waals surface area contributed by atoms with Crippen LogP contribution in [0.2, 0.25) is 0 Å². The average molecular weight is 358 g/mol. The van der Waals surface area contributed by atoms with Gasteiger partial charge in [0, 0.05) is 11.5 Å². The molecule has 1 saturated carbocycles. The minimum Gasteiger partial charge on any atom is -0.388 e. The molecule has 0 saturated heterocycles. The molecule has 1 aromatic heterocycles. The molecule has 1 aliphatic carbocycles. The molecule has 2 N–H and O–H groups in total. The number of aromatic amines is 1. The summed E-state index contributed by atoms with van der Waals surface area (Å²) in [5.41, 5.74) is 1.29. The van der Waals surface area contributed by atoms with Crippen LogP contribution in [0.25, 0.3) is 22.2 Å². The molecule has 134 valence electrons. The summed E-state index contributed by atoms with van der Waals surface area (Å²) in [6, 6.07) is 7.94. The highest BCUT2D eigenvalue weighted by molar-refractivity contribution is 5.92. The quantitative estimate of drug-likeness (QED) is 0.660. The van der Waals surface area contributed by atoms with Gasteiger partial charge in [-0.15, -0.1) is 0 Å². The van der Waals surface area contributed by atoms with E-state index in [9.17, 15) is 18.3 Å². The van der Waals surface area contributed by atoms with Crippen molar-refractivity contribution in [3.63, 3.8) is 0 Å². The number of rotatable bonds is 4. The molecule has 2 aromatic carbocycles. The highest BCUT2D eigenvalue weighted by atomic mass is 19.1. The van der Waals surface area contributed by atoms with Crippen molar-refractivity contribution in [2.45, 2.75) is 24.4 Å². The van der Waals surface area contributed by atoms with Crippen LogP contribution in [-0.4, -0.2) is 29.0 Å². The molecule has 0 atom stereocenters. The maximum atomic E-state index is 14.3. The molecule has 0 spiro atoms. The van der Waals surface area contributed by atoms with Crippen molar-refractivity contribution >= 4 is 17.6 Å². The lowest BCUT2D eigenvalue weighted by Crippen LogP contribution is -2.45. The SMILES string of the molecule is C=NCC1(O)CC(c2c(-c3ccc(F)cc3)[nH]c3c(F)cc(F)cc23)C1. The zero-order chi connectivity index (χ0) is 18.5. The summed E-state index contributed by atoms with van der Waals surface area (Å²) in [4.78, 5) is 6.78. The number of H-pyrrole nitrogens is 1. The van der Waals surface area contributed by atoms with Crippen LogP contribution in [0.4, 0.5) is 13.2 Å². The van der Waals surface area contributed by atoms with E-state index < -0.39 is 17.2 Å². The lowest BCUT2D eigenvalue weighted by Gasteiger charge is -2.43. The molecule has 0 unspecified atom stereocenters. The average Bonchev–Trinajstić information content (AvgIpc) is 2.92. The number of aliphatic imine (C=N–C) groups is 1. The molecule has 0 radical (unpaired) electrons. The Balaban J connectivity index is 1.87. The van der Waals surface area contributed by atoms with Gasteiger partial charge >= 0.3 is 0 Å². The van der Waals surface area contributed by atoms with Crippen molar-refractivity contribution in [3.8, 4) is 11.3 Å².